The van der Waals surface area contributed by atoms with Crippen LogP contribution in [0.3, 0.4) is 0 Å². The number of ketones is 1. The number of hydrogen-bond donors (Lipinski definition) is 0. The maximum atomic E-state index is 11.3. The first kappa shape index (κ1) is 10.7. The molecule has 0 bridgehead atoms. The van der Waals surface area contributed by atoms with Gasteiger partial charge < -0.3 is 4.42 Å². The Bertz CT molecular complexity index is 583. The summed E-state index contributed by atoms with van der Waals surface area (Å²) in [6.45, 7) is 0. The van der Waals surface area contributed by atoms with Gasteiger partial charge in [-0.25, -0.2) is 4.98 Å². The highest BCUT2D eigenvalue weighted by atomic mass is 35.5. The lowest BCUT2D eigenvalue weighted by molar-refractivity contribution is 0.102. The Kier molecular flexibility index (Phi) is 2.88. The van der Waals surface area contributed by atoms with Crippen LogP contribution in [0.2, 0.25) is 0 Å². The summed E-state index contributed by atoms with van der Waals surface area (Å²) in [7, 11) is 0. The van der Waals surface area contributed by atoms with Crippen LogP contribution >= 0.6 is 11.6 Å². The molecule has 1 aromatic heterocycles. The fourth-order valence-electron chi connectivity index (χ4n) is 1.37. The van der Waals surface area contributed by atoms with Crippen molar-refractivity contribution in [1.82, 2.24) is 4.98 Å². The van der Waals surface area contributed by atoms with Crippen molar-refractivity contribution in [3.05, 3.63) is 29.7 Å². The van der Waals surface area contributed by atoms with Gasteiger partial charge in [0.2, 0.25) is 5.89 Å². The maximum Gasteiger partial charge on any atom is 0.209 e. The van der Waals surface area contributed by atoms with Gasteiger partial charge in [0.25, 0.3) is 0 Å². The molecule has 0 saturated heterocycles. The fraction of sp³-hybridized carbons (Fsp3) is 0.182. The summed E-state index contributed by atoms with van der Waals surface area (Å²) in [6, 6.07) is 6.85. The second-order valence-electron chi connectivity index (χ2n) is 3.18. The van der Waals surface area contributed by atoms with Gasteiger partial charge in [-0.1, -0.05) is 0 Å². The molecular formula is C11H7ClN2O2. The zero-order valence-electron chi connectivity index (χ0n) is 8.24. The van der Waals surface area contributed by atoms with Crippen molar-refractivity contribution in [2.45, 2.75) is 6.42 Å². The van der Waals surface area contributed by atoms with E-state index < -0.39 is 0 Å². The minimum atomic E-state index is -0.159. The number of rotatable bonds is 3. The third kappa shape index (κ3) is 1.90. The van der Waals surface area contributed by atoms with E-state index in [1.54, 1.807) is 18.2 Å². The summed E-state index contributed by atoms with van der Waals surface area (Å²) in [5.41, 5.74) is 1.64. The molecule has 2 rings (SSSR count). The molecule has 16 heavy (non-hydrogen) atoms. The molecule has 0 fully saturated rings. The van der Waals surface area contributed by atoms with Crippen LogP contribution in [0, 0.1) is 11.3 Å². The van der Waals surface area contributed by atoms with E-state index in [-0.39, 0.29) is 18.1 Å². The smallest absolute Gasteiger partial charge is 0.209 e. The van der Waals surface area contributed by atoms with E-state index >= 15 is 0 Å². The van der Waals surface area contributed by atoms with Gasteiger partial charge in [0.05, 0.1) is 11.9 Å². The van der Waals surface area contributed by atoms with Gasteiger partial charge >= 0.3 is 0 Å². The molecule has 1 aromatic carbocycles. The topological polar surface area (TPSA) is 66.9 Å². The van der Waals surface area contributed by atoms with Crippen LogP contribution in [0.25, 0.3) is 11.1 Å². The van der Waals surface area contributed by atoms with E-state index in [4.69, 9.17) is 21.3 Å². The van der Waals surface area contributed by atoms with Crippen molar-refractivity contribution < 1.29 is 9.21 Å². The average Bonchev–Trinajstić information content (AvgIpc) is 2.69. The molecule has 0 N–H and O–H groups in total. The molecule has 5 heteroatoms. The molecular weight excluding hydrogens is 228 g/mol. The van der Waals surface area contributed by atoms with Gasteiger partial charge in [0, 0.05) is 5.56 Å². The average molecular weight is 235 g/mol. The summed E-state index contributed by atoms with van der Waals surface area (Å²) in [6.07, 6.45) is 0.119. The number of carbonyl (C=O) groups is 1. The molecule has 0 radical (unpaired) electrons. The van der Waals surface area contributed by atoms with Crippen molar-refractivity contribution in [3.8, 4) is 6.07 Å². The van der Waals surface area contributed by atoms with Crippen LogP contribution in [-0.2, 0) is 6.42 Å². The molecule has 0 atom stereocenters. The first-order valence-electron chi connectivity index (χ1n) is 4.60. The highest BCUT2D eigenvalue weighted by Gasteiger charge is 2.09. The molecule has 0 amide bonds. The largest absolute Gasteiger partial charge is 0.440 e. The Hall–Kier alpha value is -1.86. The van der Waals surface area contributed by atoms with Gasteiger partial charge in [-0.2, -0.15) is 5.26 Å². The van der Waals surface area contributed by atoms with E-state index in [1.165, 1.54) is 0 Å². The third-order valence-electron chi connectivity index (χ3n) is 2.11. The van der Waals surface area contributed by atoms with Crippen molar-refractivity contribution in [1.29, 1.82) is 5.26 Å². The molecule has 0 spiro atoms. The molecule has 2 aromatic rings. The van der Waals surface area contributed by atoms with E-state index in [0.717, 1.165) is 0 Å². The molecule has 80 valence electrons. The minimum absolute atomic E-state index is 0.0611. The number of nitrogens with zero attached hydrogens (tertiary/aromatic N) is 2. The Morgan fingerprint density at radius 3 is 3.06 bits per heavy atom. The zero-order chi connectivity index (χ0) is 11.5. The number of halogens is 1. The predicted octanol–water partition coefficient (Wildman–Crippen LogP) is 2.32. The number of Topliss-reactive ketones (excluding diaryl/α,β-unsaturated/α-hetero) is 1. The van der Waals surface area contributed by atoms with Gasteiger partial charge in [0.15, 0.2) is 11.4 Å². The fourth-order valence-corrected chi connectivity index (χ4v) is 1.52. The van der Waals surface area contributed by atoms with Crippen LogP contribution in [0.15, 0.2) is 22.6 Å². The number of benzene rings is 1. The Labute approximate surface area is 96.4 Å². The number of aromatic nitrogens is 1. The number of nitriles is 1. The lowest BCUT2D eigenvalue weighted by atomic mass is 10.1. The van der Waals surface area contributed by atoms with Crippen molar-refractivity contribution in [2.24, 2.45) is 0 Å². The monoisotopic (exact) mass is 234 g/mol. The van der Waals surface area contributed by atoms with Crippen molar-refractivity contribution in [2.75, 3.05) is 5.88 Å². The molecule has 1 heterocycles. The second-order valence-corrected chi connectivity index (χ2v) is 3.45. The summed E-state index contributed by atoms with van der Waals surface area (Å²) in [4.78, 5) is 15.4. The minimum Gasteiger partial charge on any atom is -0.440 e. The first-order chi connectivity index (χ1) is 7.74. The van der Waals surface area contributed by atoms with Crippen LogP contribution in [0.1, 0.15) is 16.2 Å². The van der Waals surface area contributed by atoms with E-state index in [1.807, 2.05) is 6.07 Å². The lowest BCUT2D eigenvalue weighted by Crippen LogP contribution is -1.99. The van der Waals surface area contributed by atoms with Gasteiger partial charge in [-0.05, 0) is 18.2 Å². The Morgan fingerprint density at radius 2 is 2.38 bits per heavy atom. The van der Waals surface area contributed by atoms with Crippen LogP contribution in [-0.4, -0.2) is 16.6 Å². The summed E-state index contributed by atoms with van der Waals surface area (Å²) >= 11 is 5.46. The van der Waals surface area contributed by atoms with E-state index in [2.05, 4.69) is 4.98 Å². The quantitative estimate of drug-likeness (QED) is 0.604. The first-order valence-corrected chi connectivity index (χ1v) is 5.13. The highest BCUT2D eigenvalue weighted by molar-refractivity contribution is 6.30. The number of carbonyl (C=O) groups excluding carboxylic acids is 1. The molecule has 0 aliphatic carbocycles. The van der Waals surface area contributed by atoms with Crippen LogP contribution in [0.5, 0.6) is 0 Å². The second kappa shape index (κ2) is 4.33. The highest BCUT2D eigenvalue weighted by Crippen LogP contribution is 2.18. The number of fused-ring (bicyclic) bond motifs is 1. The Balaban J connectivity index is 2.46. The normalized spacial score (nSPS) is 10.2. The molecule has 0 unspecified atom stereocenters. The standard InChI is InChI=1S/C11H7ClN2O2/c12-6-9(15)7-1-2-10-8(5-7)14-11(16-10)3-4-13/h1-2,5H,3,6H2. The summed E-state index contributed by atoms with van der Waals surface area (Å²) < 4.78 is 5.30. The maximum absolute atomic E-state index is 11.3. The van der Waals surface area contributed by atoms with Crippen LogP contribution < -0.4 is 0 Å². The third-order valence-corrected chi connectivity index (χ3v) is 2.35. The SMILES string of the molecule is N#CCc1nc2cc(C(=O)CCl)ccc2o1. The summed E-state index contributed by atoms with van der Waals surface area (Å²) in [5.74, 6) is 0.135. The summed E-state index contributed by atoms with van der Waals surface area (Å²) in [5, 5.41) is 8.50. The number of oxazole rings is 1. The van der Waals surface area contributed by atoms with Gasteiger partial charge in [-0.3, -0.25) is 4.79 Å². The molecule has 0 aliphatic heterocycles. The Morgan fingerprint density at radius 1 is 1.56 bits per heavy atom. The number of alkyl halides is 1. The van der Waals surface area contributed by atoms with Crippen molar-refractivity contribution in [3.63, 3.8) is 0 Å². The van der Waals surface area contributed by atoms with E-state index in [0.29, 0.717) is 22.6 Å². The molecule has 0 saturated carbocycles. The van der Waals surface area contributed by atoms with Crippen molar-refractivity contribution >= 4 is 28.5 Å². The van der Waals surface area contributed by atoms with Gasteiger partial charge in [0.1, 0.15) is 11.9 Å². The molecule has 4 nitrogen and oxygen atoms in total. The van der Waals surface area contributed by atoms with Gasteiger partial charge in [-0.15, -0.1) is 11.6 Å². The number of hydrogen-bond acceptors (Lipinski definition) is 4. The predicted molar refractivity (Wildman–Crippen MR) is 58.4 cm³/mol. The molecule has 0 aliphatic rings. The zero-order valence-corrected chi connectivity index (χ0v) is 8.99. The van der Waals surface area contributed by atoms with E-state index in [9.17, 15) is 4.79 Å². The van der Waals surface area contributed by atoms with Crippen LogP contribution in [0.4, 0.5) is 0 Å². The lowest BCUT2D eigenvalue weighted by Gasteiger charge is -1.94.